The molecule has 0 aliphatic carbocycles. The van der Waals surface area contributed by atoms with Gasteiger partial charge >= 0.3 is 0 Å². The van der Waals surface area contributed by atoms with Crippen LogP contribution in [0, 0.1) is 5.92 Å². The third-order valence-corrected chi connectivity index (χ3v) is 15.0. The van der Waals surface area contributed by atoms with Crippen LogP contribution in [0.15, 0.2) is 42.6 Å². The molecule has 66 heavy (non-hydrogen) atoms. The van der Waals surface area contributed by atoms with E-state index in [-0.39, 0.29) is 40.9 Å². The van der Waals surface area contributed by atoms with Gasteiger partial charge in [0.15, 0.2) is 5.82 Å². The number of piperidine rings is 2. The Balaban J connectivity index is 0.838. The molecule has 4 fully saturated rings. The number of nitrogens with zero attached hydrogens (tertiary/aromatic N) is 9. The molecular weight excluding hydrogens is 847 g/mol. The largest absolute Gasteiger partial charge is 0.381 e. The van der Waals surface area contributed by atoms with Crippen molar-refractivity contribution in [3.8, 4) is 0 Å². The van der Waals surface area contributed by atoms with Crippen LogP contribution < -0.4 is 24.9 Å². The van der Waals surface area contributed by atoms with Gasteiger partial charge in [-0.2, -0.15) is 5.10 Å². The number of likely N-dealkylation sites (N-methyl/N-ethyl adjacent to an activating group) is 1. The molecule has 0 radical (unpaired) electrons. The van der Waals surface area contributed by atoms with Crippen molar-refractivity contribution in [3.05, 3.63) is 70.6 Å². The number of alkyl halides is 2. The van der Waals surface area contributed by atoms with E-state index in [1.807, 2.05) is 29.0 Å². The first kappa shape index (κ1) is 45.6. The Bertz CT molecular complexity index is 2330. The number of nitrogens with one attached hydrogen (secondary N) is 1. The molecule has 1 unspecified atom stereocenters. The second-order valence-electron chi connectivity index (χ2n) is 19.0. The first-order valence-corrected chi connectivity index (χ1v) is 23.8. The third-order valence-electron chi connectivity index (χ3n) is 15.0. The maximum Gasteiger partial charge on any atom is 0.264 e. The molecule has 354 valence electrons. The first-order chi connectivity index (χ1) is 31.9. The molecule has 2 aromatic carbocycles. The molecule has 9 rings (SSSR count). The summed E-state index contributed by atoms with van der Waals surface area (Å²) in [6, 6.07) is 9.16. The number of anilines is 5. The lowest BCUT2D eigenvalue weighted by Crippen LogP contribution is -2.49. The smallest absolute Gasteiger partial charge is 0.264 e. The summed E-state index contributed by atoms with van der Waals surface area (Å²) in [5.41, 5.74) is 6.75. The first-order valence-electron chi connectivity index (χ1n) is 23.8. The number of rotatable bonds is 11. The molecule has 6 aliphatic heterocycles. The number of hydrogen-bond acceptors (Lipinski definition) is 10. The van der Waals surface area contributed by atoms with Gasteiger partial charge in [0.1, 0.15) is 6.04 Å². The second kappa shape index (κ2) is 19.4. The molecule has 1 aromatic heterocycles. The number of halogens is 2. The Morgan fingerprint density at radius 2 is 1.68 bits per heavy atom. The van der Waals surface area contributed by atoms with E-state index in [4.69, 9.17) is 9.84 Å². The molecule has 6 aliphatic rings. The van der Waals surface area contributed by atoms with Gasteiger partial charge < -0.3 is 39.5 Å². The van der Waals surface area contributed by atoms with Crippen molar-refractivity contribution >= 4 is 52.7 Å². The van der Waals surface area contributed by atoms with E-state index in [2.05, 4.69) is 37.3 Å². The second-order valence-corrected chi connectivity index (χ2v) is 19.0. The zero-order valence-corrected chi connectivity index (χ0v) is 38.7. The molecule has 17 heteroatoms. The quantitative estimate of drug-likeness (QED) is 0.241. The number of hydrogen-bond donors (Lipinski definition) is 1. The Labute approximate surface area is 386 Å². The number of amides is 4. The summed E-state index contributed by atoms with van der Waals surface area (Å²) in [5.74, 6) is 0.678. The van der Waals surface area contributed by atoms with Crippen molar-refractivity contribution in [2.75, 3.05) is 106 Å². The topological polar surface area (TPSA) is 130 Å². The van der Waals surface area contributed by atoms with Crippen LogP contribution in [0.25, 0.3) is 0 Å². The van der Waals surface area contributed by atoms with Crippen LogP contribution in [0.4, 0.5) is 37.3 Å². The van der Waals surface area contributed by atoms with E-state index in [1.54, 1.807) is 29.8 Å². The summed E-state index contributed by atoms with van der Waals surface area (Å²) in [4.78, 5) is 65.5. The zero-order valence-electron chi connectivity index (χ0n) is 38.7. The number of aromatic nitrogens is 2. The minimum atomic E-state index is -2.83. The SMILES string of the molecule is C=C1CCC(N(C)c2ccc(N3CCN(CC4CCN(C(=O)c5cc6c(cc5C(F)F)N(c5nn(C7CCOCC7)c7c5CN(C(C)=O)CC7)CCC6)CC4)CC3)cc2N(C)C=O)C(=O)N1. The van der Waals surface area contributed by atoms with Crippen molar-refractivity contribution in [2.24, 2.45) is 5.92 Å². The van der Waals surface area contributed by atoms with Gasteiger partial charge in [0.2, 0.25) is 18.2 Å². The molecule has 0 bridgehead atoms. The number of fused-ring (bicyclic) bond motifs is 2. The van der Waals surface area contributed by atoms with Gasteiger partial charge in [-0.1, -0.05) is 6.58 Å². The molecule has 1 atom stereocenters. The highest BCUT2D eigenvalue weighted by Gasteiger charge is 2.36. The van der Waals surface area contributed by atoms with E-state index < -0.39 is 6.43 Å². The maximum atomic E-state index is 15.1. The van der Waals surface area contributed by atoms with Crippen LogP contribution in [0.1, 0.15) is 97.1 Å². The van der Waals surface area contributed by atoms with Crippen LogP contribution in [0.3, 0.4) is 0 Å². The Kier molecular flexibility index (Phi) is 13.4. The van der Waals surface area contributed by atoms with Crippen LogP contribution >= 0.6 is 0 Å². The standard InChI is InChI=1S/C49H64F2N10O5/c1-32-7-9-43(48(64)52-32)55(4)42-10-8-37(27-45(42)54(3)31-62)57-22-20-56(21-23-57)29-34-11-17-58(18-12-34)49(65)39-26-35-6-5-16-60(44(35)28-38(39)46(50)51)47-40-30-59(33(2)63)19-13-41(40)61(53-47)36-14-24-66-25-15-36/h8,10,26-28,31,34,36,43,46H,1,5-7,9,11-25,29-30H2,2-4H3,(H,52,64). The molecule has 1 N–H and O–H groups in total. The van der Waals surface area contributed by atoms with Gasteiger partial charge in [-0.15, -0.1) is 0 Å². The number of carbonyl (C=O) groups is 4. The Hall–Kier alpha value is -5.55. The van der Waals surface area contributed by atoms with Gasteiger partial charge in [0.05, 0.1) is 24.0 Å². The number of benzene rings is 2. The molecule has 4 amide bonds. The number of ether oxygens (including phenoxy) is 1. The van der Waals surface area contributed by atoms with Crippen molar-refractivity contribution in [2.45, 2.75) is 89.8 Å². The van der Waals surface area contributed by atoms with E-state index >= 15 is 8.78 Å². The Morgan fingerprint density at radius 1 is 0.924 bits per heavy atom. The summed E-state index contributed by atoms with van der Waals surface area (Å²) in [7, 11) is 3.62. The Morgan fingerprint density at radius 3 is 2.38 bits per heavy atom. The lowest BCUT2D eigenvalue weighted by molar-refractivity contribution is -0.129. The molecule has 15 nitrogen and oxygen atoms in total. The number of carbonyl (C=O) groups excluding carboxylic acids is 4. The minimum Gasteiger partial charge on any atom is -0.381 e. The fourth-order valence-corrected chi connectivity index (χ4v) is 11.1. The average Bonchev–Trinajstić information content (AvgIpc) is 3.72. The predicted molar refractivity (Wildman–Crippen MR) is 250 cm³/mol. The average molecular weight is 911 g/mol. The van der Waals surface area contributed by atoms with Crippen LogP contribution in [0.5, 0.6) is 0 Å². The van der Waals surface area contributed by atoms with Crippen LogP contribution in [0.2, 0.25) is 0 Å². The highest BCUT2D eigenvalue weighted by Crippen LogP contribution is 2.43. The fraction of sp³-hybridized carbons (Fsp3) is 0.571. The summed E-state index contributed by atoms with van der Waals surface area (Å²) >= 11 is 0. The minimum absolute atomic E-state index is 0.000815. The number of likely N-dealkylation sites (tertiary alicyclic amines) is 1. The molecule has 4 saturated heterocycles. The van der Waals surface area contributed by atoms with Gasteiger partial charge in [-0.25, -0.2) is 8.78 Å². The molecule has 3 aromatic rings. The maximum absolute atomic E-state index is 15.1. The lowest BCUT2D eigenvalue weighted by Gasteiger charge is -2.40. The molecule has 0 spiro atoms. The molecular formula is C49H64F2N10O5. The summed E-state index contributed by atoms with van der Waals surface area (Å²) in [5, 5.41) is 8.06. The van der Waals surface area contributed by atoms with Crippen molar-refractivity contribution in [3.63, 3.8) is 0 Å². The van der Waals surface area contributed by atoms with Gasteiger partial charge in [0.25, 0.3) is 12.3 Å². The van der Waals surface area contributed by atoms with Crippen LogP contribution in [-0.2, 0) is 38.5 Å². The molecule has 7 heterocycles. The van der Waals surface area contributed by atoms with Crippen LogP contribution in [-0.4, -0.2) is 141 Å². The van der Waals surface area contributed by atoms with Crippen molar-refractivity contribution < 1.29 is 32.7 Å². The zero-order chi connectivity index (χ0) is 46.2. The third kappa shape index (κ3) is 9.12. The van der Waals surface area contributed by atoms with Gasteiger partial charge in [-0.3, -0.25) is 28.8 Å². The number of aryl methyl sites for hydroxylation is 1. The lowest BCUT2D eigenvalue weighted by atomic mass is 9.92. The van der Waals surface area contributed by atoms with E-state index in [1.165, 1.54) is 6.07 Å². The van der Waals surface area contributed by atoms with E-state index in [9.17, 15) is 19.2 Å². The van der Waals surface area contributed by atoms with E-state index in [0.29, 0.717) is 83.2 Å². The fourth-order valence-electron chi connectivity index (χ4n) is 11.1. The summed E-state index contributed by atoms with van der Waals surface area (Å²) in [6.45, 7) is 13.7. The monoisotopic (exact) mass is 911 g/mol. The van der Waals surface area contributed by atoms with Gasteiger partial charge in [-0.05, 0) is 93.2 Å². The summed E-state index contributed by atoms with van der Waals surface area (Å²) in [6.07, 6.45) is 4.74. The van der Waals surface area contributed by atoms with E-state index in [0.717, 1.165) is 117 Å². The summed E-state index contributed by atoms with van der Waals surface area (Å²) < 4.78 is 37.9. The van der Waals surface area contributed by atoms with Crippen molar-refractivity contribution in [1.29, 1.82) is 0 Å². The highest BCUT2D eigenvalue weighted by molar-refractivity contribution is 5.97. The molecule has 0 saturated carbocycles. The predicted octanol–water partition coefficient (Wildman–Crippen LogP) is 5.66. The van der Waals surface area contributed by atoms with Crippen molar-refractivity contribution in [1.82, 2.24) is 29.8 Å². The number of allylic oxidation sites excluding steroid dienone is 1. The highest BCUT2D eigenvalue weighted by atomic mass is 19.3. The van der Waals surface area contributed by atoms with Gasteiger partial charge in [0, 0.05) is 139 Å². The number of piperazine rings is 1. The normalized spacial score (nSPS) is 21.2.